The second-order valence-corrected chi connectivity index (χ2v) is 5.24. The zero-order valence-electron chi connectivity index (χ0n) is 13.8. The summed E-state index contributed by atoms with van der Waals surface area (Å²) in [5, 5.41) is 18.3. The van der Waals surface area contributed by atoms with Gasteiger partial charge in [0.2, 0.25) is 0 Å². The molecule has 1 aromatic rings. The molecule has 26 heavy (non-hydrogen) atoms. The highest BCUT2D eigenvalue weighted by Crippen LogP contribution is 2.27. The number of halogens is 2. The van der Waals surface area contributed by atoms with E-state index < -0.39 is 42.5 Å². The number of esters is 1. The average molecular weight is 379 g/mol. The number of carbonyl (C=O) groups is 2. The molecule has 1 rings (SSSR count). The minimum atomic E-state index is -4.12. The van der Waals surface area contributed by atoms with Gasteiger partial charge in [-0.3, -0.25) is 9.59 Å². The molecule has 0 saturated carbocycles. The summed E-state index contributed by atoms with van der Waals surface area (Å²) in [4.78, 5) is 36.5. The second-order valence-electron chi connectivity index (χ2n) is 5.24. The van der Waals surface area contributed by atoms with E-state index in [1.807, 2.05) is 0 Å². The van der Waals surface area contributed by atoms with Crippen LogP contribution in [0.4, 0.5) is 14.6 Å². The minimum absolute atomic E-state index is 0.0109. The van der Waals surface area contributed by atoms with E-state index in [0.29, 0.717) is 6.20 Å². The maximum atomic E-state index is 14.3. The number of ether oxygens (including phenoxy) is 2. The third-order valence-corrected chi connectivity index (χ3v) is 3.34. The van der Waals surface area contributed by atoms with Gasteiger partial charge in [-0.15, -0.1) is 0 Å². The molecule has 2 atom stereocenters. The predicted octanol–water partition coefficient (Wildman–Crippen LogP) is -0.451. The number of alkyl halides is 2. The number of carbonyl (C=O) groups excluding carboxylic acids is 1. The molecule has 4 N–H and O–H groups in total. The molecule has 0 saturated heterocycles. The Labute approximate surface area is 146 Å². The van der Waals surface area contributed by atoms with Crippen molar-refractivity contribution in [2.75, 3.05) is 19.5 Å². The van der Waals surface area contributed by atoms with Crippen molar-refractivity contribution in [2.45, 2.75) is 37.5 Å². The Morgan fingerprint density at radius 2 is 2.08 bits per heavy atom. The van der Waals surface area contributed by atoms with Crippen LogP contribution in [0, 0.1) is 0 Å². The van der Waals surface area contributed by atoms with E-state index in [-0.39, 0.29) is 29.6 Å². The lowest BCUT2D eigenvalue weighted by atomic mass is 10.1. The molecule has 0 spiro atoms. The topological polar surface area (TPSA) is 154 Å². The quantitative estimate of drug-likeness (QED) is 0.458. The van der Waals surface area contributed by atoms with Crippen molar-refractivity contribution in [3.63, 3.8) is 0 Å². The lowest BCUT2D eigenvalue weighted by molar-refractivity contribution is -0.219. The van der Waals surface area contributed by atoms with Crippen LogP contribution in [-0.2, 0) is 25.1 Å². The van der Waals surface area contributed by atoms with Crippen LogP contribution in [0.1, 0.15) is 19.3 Å². The van der Waals surface area contributed by atoms with Crippen LogP contribution in [0.2, 0.25) is 0 Å². The molecule has 1 aromatic heterocycles. The van der Waals surface area contributed by atoms with Gasteiger partial charge in [0.1, 0.15) is 18.5 Å². The first kappa shape index (κ1) is 21.4. The Morgan fingerprint density at radius 3 is 2.62 bits per heavy atom. The van der Waals surface area contributed by atoms with E-state index in [1.165, 1.54) is 0 Å². The molecule has 10 nitrogen and oxygen atoms in total. The van der Waals surface area contributed by atoms with Crippen LogP contribution < -0.4 is 11.4 Å². The van der Waals surface area contributed by atoms with Crippen LogP contribution in [0.3, 0.4) is 0 Å². The number of methoxy groups -OCH3 is 1. The molecule has 1 heterocycles. The van der Waals surface area contributed by atoms with Crippen molar-refractivity contribution < 1.29 is 38.1 Å². The molecule has 0 bridgehead atoms. The Balaban J connectivity index is 2.74. The van der Waals surface area contributed by atoms with Crippen LogP contribution in [0.25, 0.3) is 0 Å². The number of carboxylic acids is 1. The van der Waals surface area contributed by atoms with Crippen molar-refractivity contribution in [3.05, 3.63) is 22.7 Å². The number of aliphatic hydroxyl groups is 1. The minimum Gasteiger partial charge on any atom is -0.481 e. The summed E-state index contributed by atoms with van der Waals surface area (Å²) in [5.41, 5.74) is 3.84. The largest absolute Gasteiger partial charge is 0.481 e. The first-order chi connectivity index (χ1) is 12.1. The van der Waals surface area contributed by atoms with Crippen molar-refractivity contribution in [1.82, 2.24) is 9.55 Å². The van der Waals surface area contributed by atoms with Crippen LogP contribution in [0.5, 0.6) is 0 Å². The highest BCUT2D eigenvalue weighted by atomic mass is 19.3. The molecule has 0 amide bonds. The summed E-state index contributed by atoms with van der Waals surface area (Å²) >= 11 is 0. The van der Waals surface area contributed by atoms with Crippen LogP contribution >= 0.6 is 0 Å². The van der Waals surface area contributed by atoms with Gasteiger partial charge in [-0.2, -0.15) is 13.8 Å². The van der Waals surface area contributed by atoms with Gasteiger partial charge in [0.15, 0.2) is 6.10 Å². The fraction of sp³-hybridized carbons (Fsp3) is 0.571. The number of aliphatic hydroxyl groups excluding tert-OH is 1. The molecule has 0 aliphatic heterocycles. The highest BCUT2D eigenvalue weighted by molar-refractivity contribution is 5.71. The average Bonchev–Trinajstić information content (AvgIpc) is 2.54. The van der Waals surface area contributed by atoms with E-state index in [4.69, 9.17) is 20.3 Å². The molecule has 0 fully saturated rings. The number of aromatic nitrogens is 2. The number of hydrogen-bond donors (Lipinski definition) is 3. The van der Waals surface area contributed by atoms with E-state index in [2.05, 4.69) is 4.98 Å². The van der Waals surface area contributed by atoms with E-state index >= 15 is 0 Å². The molecular weight excluding hydrogens is 360 g/mol. The first-order valence-corrected chi connectivity index (χ1v) is 7.41. The lowest BCUT2D eigenvalue weighted by Crippen LogP contribution is -2.51. The maximum Gasteiger partial charge on any atom is 0.361 e. The Kier molecular flexibility index (Phi) is 7.58. The summed E-state index contributed by atoms with van der Waals surface area (Å²) in [5.74, 6) is -2.20. The Hall–Kier alpha value is -2.60. The molecular formula is C14H19F2N3O7. The van der Waals surface area contributed by atoms with Gasteiger partial charge < -0.3 is 25.4 Å². The lowest BCUT2D eigenvalue weighted by Gasteiger charge is -2.29. The number of aliphatic carboxylic acids is 1. The molecule has 146 valence electrons. The van der Waals surface area contributed by atoms with Crippen LogP contribution in [0.15, 0.2) is 17.1 Å². The van der Waals surface area contributed by atoms with Gasteiger partial charge in [-0.05, 0) is 12.5 Å². The smallest absolute Gasteiger partial charge is 0.361 e. The number of nitrogen functional groups attached to an aromatic ring is 1. The van der Waals surface area contributed by atoms with Gasteiger partial charge >= 0.3 is 23.7 Å². The van der Waals surface area contributed by atoms with Gasteiger partial charge in [-0.25, -0.2) is 9.36 Å². The molecule has 0 aliphatic rings. The molecule has 0 aromatic carbocycles. The normalized spacial score (nSPS) is 13.8. The van der Waals surface area contributed by atoms with Gasteiger partial charge in [0.05, 0.1) is 0 Å². The summed E-state index contributed by atoms with van der Waals surface area (Å²) in [7, 11) is 1.01. The van der Waals surface area contributed by atoms with E-state index in [0.717, 1.165) is 13.2 Å². The molecule has 0 radical (unpaired) electrons. The number of nitrogens with two attached hydrogens (primary N) is 1. The van der Waals surface area contributed by atoms with Crippen LogP contribution in [-0.4, -0.2) is 57.6 Å². The number of nitrogens with zero attached hydrogens (tertiary/aromatic N) is 2. The number of carboxylic acid groups (broad SMARTS) is 1. The fourth-order valence-corrected chi connectivity index (χ4v) is 1.93. The Bertz CT molecular complexity index is 695. The van der Waals surface area contributed by atoms with Crippen molar-refractivity contribution >= 4 is 17.8 Å². The number of anilines is 1. The number of hydrogen-bond acceptors (Lipinski definition) is 8. The standard InChI is InChI=1S/C14H19F2N3O7/c1-25-8(7-26-11(22)4-2-3-10(20)21)12(23)14(15,16)19-6-5-9(17)18-13(19)24/h5-6,8,12,23H,2-4,7H2,1H3,(H,20,21)(H2,17,18,24). The summed E-state index contributed by atoms with van der Waals surface area (Å²) in [6.45, 7) is -0.726. The molecule has 0 aliphatic carbocycles. The summed E-state index contributed by atoms with van der Waals surface area (Å²) < 4.78 is 38.0. The third-order valence-electron chi connectivity index (χ3n) is 3.34. The van der Waals surface area contributed by atoms with Gasteiger partial charge in [0, 0.05) is 26.1 Å². The van der Waals surface area contributed by atoms with E-state index in [9.17, 15) is 28.3 Å². The van der Waals surface area contributed by atoms with Gasteiger partial charge in [0.25, 0.3) is 0 Å². The zero-order chi connectivity index (χ0) is 19.9. The molecule has 12 heteroatoms. The van der Waals surface area contributed by atoms with Crippen molar-refractivity contribution in [1.29, 1.82) is 0 Å². The fourth-order valence-electron chi connectivity index (χ4n) is 1.93. The zero-order valence-corrected chi connectivity index (χ0v) is 13.8. The van der Waals surface area contributed by atoms with Gasteiger partial charge in [-0.1, -0.05) is 0 Å². The molecule has 2 unspecified atom stereocenters. The second kappa shape index (κ2) is 9.20. The highest BCUT2D eigenvalue weighted by Gasteiger charge is 2.46. The predicted molar refractivity (Wildman–Crippen MR) is 82.3 cm³/mol. The van der Waals surface area contributed by atoms with Crippen molar-refractivity contribution in [3.8, 4) is 0 Å². The third kappa shape index (κ3) is 5.74. The monoisotopic (exact) mass is 379 g/mol. The Morgan fingerprint density at radius 1 is 1.42 bits per heavy atom. The van der Waals surface area contributed by atoms with E-state index in [1.54, 1.807) is 0 Å². The SMILES string of the molecule is COC(COC(=O)CCCC(=O)O)C(O)C(F)(F)n1ccc(N)nc1=O. The number of rotatable bonds is 10. The maximum absolute atomic E-state index is 14.3. The van der Waals surface area contributed by atoms with Crippen molar-refractivity contribution in [2.24, 2.45) is 0 Å². The summed E-state index contributed by atoms with van der Waals surface area (Å²) in [6.07, 6.45) is -4.01. The first-order valence-electron chi connectivity index (χ1n) is 7.41. The summed E-state index contributed by atoms with van der Waals surface area (Å²) in [6, 6.07) is -3.17.